The van der Waals surface area contributed by atoms with E-state index in [-0.39, 0.29) is 18.2 Å². The molecule has 2 aromatic rings. The van der Waals surface area contributed by atoms with Crippen molar-refractivity contribution in [2.24, 2.45) is 16.1 Å². The molecule has 0 fully saturated rings. The van der Waals surface area contributed by atoms with Gasteiger partial charge in [0, 0.05) is 15.5 Å². The Morgan fingerprint density at radius 3 is 2.74 bits per heavy atom. The zero-order valence-corrected chi connectivity index (χ0v) is 14.6. The molecule has 2 N–H and O–H groups in total. The minimum absolute atomic E-state index is 0.145. The van der Waals surface area contributed by atoms with Crippen molar-refractivity contribution in [2.45, 2.75) is 12.6 Å². The third-order valence-corrected chi connectivity index (χ3v) is 4.18. The van der Waals surface area contributed by atoms with Gasteiger partial charge in [-0.1, -0.05) is 34.0 Å². The number of rotatable bonds is 5. The van der Waals surface area contributed by atoms with Crippen LogP contribution >= 0.6 is 11.6 Å². The first-order valence-corrected chi connectivity index (χ1v) is 8.09. The third-order valence-electron chi connectivity index (χ3n) is 3.97. The molecule has 1 atom stereocenters. The van der Waals surface area contributed by atoms with Gasteiger partial charge in [0.1, 0.15) is 16.9 Å². The number of benzene rings is 1. The highest BCUT2D eigenvalue weighted by Gasteiger charge is 2.38. The number of hydrogen-bond acceptors (Lipinski definition) is 6. The number of nitrogens with two attached hydrogens (primary N) is 1. The molecular weight excluding hydrogens is 372 g/mol. The Labute approximate surface area is 158 Å². The summed E-state index contributed by atoms with van der Waals surface area (Å²) in [5.41, 5.74) is 18.9. The van der Waals surface area contributed by atoms with Crippen molar-refractivity contribution in [3.05, 3.63) is 68.0 Å². The number of halogens is 1. The van der Waals surface area contributed by atoms with Gasteiger partial charge >= 0.3 is 0 Å². The van der Waals surface area contributed by atoms with Crippen molar-refractivity contribution in [2.75, 3.05) is 16.5 Å². The van der Waals surface area contributed by atoms with Gasteiger partial charge in [-0.15, -0.1) is 0 Å². The highest BCUT2D eigenvalue weighted by Crippen LogP contribution is 2.39. The molecule has 1 unspecified atom stereocenters. The maximum atomic E-state index is 12.8. The molecule has 0 saturated carbocycles. The molecular formula is C15H13ClN10O. The van der Waals surface area contributed by atoms with Crippen molar-refractivity contribution in [1.82, 2.24) is 4.98 Å². The van der Waals surface area contributed by atoms with E-state index in [0.717, 1.165) is 10.6 Å². The number of amides is 1. The van der Waals surface area contributed by atoms with Crippen LogP contribution in [0.1, 0.15) is 5.56 Å². The lowest BCUT2D eigenvalue weighted by Crippen LogP contribution is -2.56. The summed E-state index contributed by atoms with van der Waals surface area (Å²) in [5.74, 6) is 5.81. The SMILES string of the molecule is [N-]=[N+]=NCc1cccc(N2c3nc(Cl)ccc3N(N)C(=O)C2CN=[N+]=[N-])c1. The average Bonchev–Trinajstić information content (AvgIpc) is 2.68. The molecule has 2 heterocycles. The maximum absolute atomic E-state index is 12.8. The Hall–Kier alpha value is -3.49. The topological polar surface area (TPSA) is 160 Å². The summed E-state index contributed by atoms with van der Waals surface area (Å²) in [5, 5.41) is 8.26. The first-order valence-electron chi connectivity index (χ1n) is 7.72. The van der Waals surface area contributed by atoms with Gasteiger partial charge < -0.3 is 4.90 Å². The number of aromatic nitrogens is 1. The van der Waals surface area contributed by atoms with E-state index in [1.807, 2.05) is 0 Å². The first-order chi connectivity index (χ1) is 13.1. The summed E-state index contributed by atoms with van der Waals surface area (Å²) in [6.07, 6.45) is 0. The van der Waals surface area contributed by atoms with Crippen LogP contribution in [-0.4, -0.2) is 23.5 Å². The monoisotopic (exact) mass is 384 g/mol. The maximum Gasteiger partial charge on any atom is 0.264 e. The van der Waals surface area contributed by atoms with Crippen LogP contribution in [0.2, 0.25) is 5.15 Å². The summed E-state index contributed by atoms with van der Waals surface area (Å²) >= 11 is 6.05. The number of hydrazine groups is 1. The Bertz CT molecular complexity index is 982. The average molecular weight is 385 g/mol. The largest absolute Gasteiger partial charge is 0.312 e. The smallest absolute Gasteiger partial charge is 0.264 e. The highest BCUT2D eigenvalue weighted by molar-refractivity contribution is 6.29. The molecule has 136 valence electrons. The molecule has 1 aromatic heterocycles. The molecule has 27 heavy (non-hydrogen) atoms. The Kier molecular flexibility index (Phi) is 5.30. The van der Waals surface area contributed by atoms with Gasteiger partial charge in [0.05, 0.1) is 13.1 Å². The molecule has 11 nitrogen and oxygen atoms in total. The van der Waals surface area contributed by atoms with Gasteiger partial charge in [0.15, 0.2) is 5.82 Å². The number of pyridine rings is 1. The molecule has 1 aliphatic rings. The van der Waals surface area contributed by atoms with Crippen molar-refractivity contribution < 1.29 is 4.79 Å². The van der Waals surface area contributed by atoms with E-state index in [4.69, 9.17) is 28.5 Å². The highest BCUT2D eigenvalue weighted by atomic mass is 35.5. The van der Waals surface area contributed by atoms with Crippen molar-refractivity contribution in [3.8, 4) is 0 Å². The van der Waals surface area contributed by atoms with Crippen LogP contribution in [-0.2, 0) is 11.3 Å². The van der Waals surface area contributed by atoms with Crippen LogP contribution < -0.4 is 15.8 Å². The van der Waals surface area contributed by atoms with E-state index in [1.54, 1.807) is 35.2 Å². The summed E-state index contributed by atoms with van der Waals surface area (Å²) < 4.78 is 0. The molecule has 0 saturated heterocycles. The summed E-state index contributed by atoms with van der Waals surface area (Å²) in [6.45, 7) is -0.0107. The van der Waals surface area contributed by atoms with E-state index >= 15 is 0 Å². The predicted molar refractivity (Wildman–Crippen MR) is 100 cm³/mol. The molecule has 12 heteroatoms. The normalized spacial score (nSPS) is 15.6. The number of carbonyl (C=O) groups excluding carboxylic acids is 1. The number of anilines is 3. The van der Waals surface area contributed by atoms with Gasteiger partial charge in [0.25, 0.3) is 5.91 Å². The van der Waals surface area contributed by atoms with Crippen LogP contribution in [0.3, 0.4) is 0 Å². The zero-order valence-electron chi connectivity index (χ0n) is 13.8. The van der Waals surface area contributed by atoms with Gasteiger partial charge in [-0.05, 0) is 40.9 Å². The number of azide groups is 2. The number of fused-ring (bicyclic) bond motifs is 1. The van der Waals surface area contributed by atoms with Crippen molar-refractivity contribution in [1.29, 1.82) is 0 Å². The molecule has 0 aliphatic carbocycles. The summed E-state index contributed by atoms with van der Waals surface area (Å²) in [6, 6.07) is 9.26. The lowest BCUT2D eigenvalue weighted by atomic mass is 10.1. The van der Waals surface area contributed by atoms with Crippen molar-refractivity contribution in [3.63, 3.8) is 0 Å². The fourth-order valence-electron chi connectivity index (χ4n) is 2.81. The first kappa shape index (κ1) is 18.3. The Morgan fingerprint density at radius 1 is 1.22 bits per heavy atom. The predicted octanol–water partition coefficient (Wildman–Crippen LogP) is 3.58. The van der Waals surface area contributed by atoms with Gasteiger partial charge in [-0.25, -0.2) is 15.8 Å². The molecule has 3 rings (SSSR count). The van der Waals surface area contributed by atoms with E-state index in [9.17, 15) is 4.79 Å². The van der Waals surface area contributed by atoms with E-state index in [1.165, 1.54) is 6.07 Å². The van der Waals surface area contributed by atoms with Crippen LogP contribution in [0.5, 0.6) is 0 Å². The lowest BCUT2D eigenvalue weighted by molar-refractivity contribution is -0.119. The Balaban J connectivity index is 2.17. The standard InChI is InChI=1S/C15H13ClN10O/c16-13-5-4-11-14(22-13)25(12(8-21-24-18)15(27)26(11)19)10-3-1-2-9(6-10)7-20-23-17/h1-6,12H,7-8,19H2. The van der Waals surface area contributed by atoms with E-state index < -0.39 is 11.9 Å². The molecule has 0 spiro atoms. The number of carbonyl (C=O) groups is 1. The van der Waals surface area contributed by atoms with Gasteiger partial charge in [-0.3, -0.25) is 4.79 Å². The van der Waals surface area contributed by atoms with E-state index in [0.29, 0.717) is 17.2 Å². The molecule has 1 aliphatic heterocycles. The quantitative estimate of drug-likeness (QED) is 0.208. The molecule has 1 amide bonds. The Morgan fingerprint density at radius 2 is 2.00 bits per heavy atom. The van der Waals surface area contributed by atoms with Crippen LogP contribution in [0.15, 0.2) is 46.6 Å². The van der Waals surface area contributed by atoms with Gasteiger partial charge in [-0.2, -0.15) is 0 Å². The summed E-state index contributed by atoms with van der Waals surface area (Å²) in [4.78, 5) is 24.2. The van der Waals surface area contributed by atoms with E-state index in [2.05, 4.69) is 25.0 Å². The second kappa shape index (κ2) is 7.81. The fraction of sp³-hybridized carbons (Fsp3) is 0.200. The minimum atomic E-state index is -0.904. The minimum Gasteiger partial charge on any atom is -0.312 e. The van der Waals surface area contributed by atoms with Gasteiger partial charge in [0.2, 0.25) is 0 Å². The zero-order chi connectivity index (χ0) is 19.4. The van der Waals surface area contributed by atoms with Crippen LogP contribution in [0, 0.1) is 0 Å². The third kappa shape index (κ3) is 3.57. The van der Waals surface area contributed by atoms with Crippen molar-refractivity contribution >= 4 is 34.7 Å². The number of nitrogens with zero attached hydrogens (tertiary/aromatic N) is 9. The fourth-order valence-corrected chi connectivity index (χ4v) is 2.96. The second-order valence-electron chi connectivity index (χ2n) is 5.54. The molecule has 0 bridgehead atoms. The molecule has 0 radical (unpaired) electrons. The number of hydrogen-bond donors (Lipinski definition) is 1. The lowest BCUT2D eigenvalue weighted by Gasteiger charge is -2.39. The van der Waals surface area contributed by atoms with Crippen LogP contribution in [0.4, 0.5) is 17.2 Å². The summed E-state index contributed by atoms with van der Waals surface area (Å²) in [7, 11) is 0. The second-order valence-corrected chi connectivity index (χ2v) is 5.93. The van der Waals surface area contributed by atoms with Crippen LogP contribution in [0.25, 0.3) is 20.9 Å². The molecule has 1 aromatic carbocycles.